The van der Waals surface area contributed by atoms with Crippen molar-refractivity contribution in [2.24, 2.45) is 0 Å². The maximum absolute atomic E-state index is 13.1. The van der Waals surface area contributed by atoms with E-state index in [9.17, 15) is 13.2 Å². The van der Waals surface area contributed by atoms with Crippen LogP contribution >= 0.6 is 11.6 Å². The summed E-state index contributed by atoms with van der Waals surface area (Å²) in [7, 11) is 8.04. The van der Waals surface area contributed by atoms with Crippen LogP contribution in [0.1, 0.15) is 5.56 Å². The van der Waals surface area contributed by atoms with Crippen LogP contribution in [0.4, 0.5) is 42.3 Å². The molecule has 0 fully saturated rings. The molecule has 0 unspecified atom stereocenters. The first-order valence-electron chi connectivity index (χ1n) is 9.61. The average Bonchev–Trinajstić information content (AvgIpc) is 3.16. The molecule has 3 rings (SSSR count). The molecule has 0 aliphatic heterocycles. The van der Waals surface area contributed by atoms with Crippen molar-refractivity contribution in [3.8, 4) is 16.9 Å². The number of methoxy groups -OCH3 is 1. The van der Waals surface area contributed by atoms with Crippen LogP contribution in [0.3, 0.4) is 0 Å². The predicted molar refractivity (Wildman–Crippen MR) is 123 cm³/mol. The van der Waals surface area contributed by atoms with Gasteiger partial charge in [0.2, 0.25) is 5.95 Å². The van der Waals surface area contributed by atoms with Gasteiger partial charge in [0.15, 0.2) is 11.6 Å². The van der Waals surface area contributed by atoms with Crippen molar-refractivity contribution in [1.29, 1.82) is 0 Å². The summed E-state index contributed by atoms with van der Waals surface area (Å²) >= 11 is 6.51. The lowest BCUT2D eigenvalue weighted by molar-refractivity contribution is -0.137. The second kappa shape index (κ2) is 9.48. The van der Waals surface area contributed by atoms with Crippen LogP contribution in [0.15, 0.2) is 18.3 Å². The summed E-state index contributed by atoms with van der Waals surface area (Å²) in [5.41, 5.74) is 3.64. The first kappa shape index (κ1) is 24.0. The Balaban J connectivity index is 2.07. The molecule has 0 saturated carbocycles. The van der Waals surface area contributed by atoms with E-state index in [-0.39, 0.29) is 16.8 Å². The number of alkyl halides is 3. The van der Waals surface area contributed by atoms with Crippen LogP contribution in [0.25, 0.3) is 11.1 Å². The van der Waals surface area contributed by atoms with E-state index in [0.29, 0.717) is 40.4 Å². The number of benzene rings is 1. The van der Waals surface area contributed by atoms with Gasteiger partial charge in [0.05, 0.1) is 23.4 Å². The third-order valence-electron chi connectivity index (χ3n) is 4.71. The standard InChI is InChI=1S/C19H23ClF3N9O/c1-24-15-10(19(21,22)23)8-28-18(30-15)29-12-7-13(33-5)9(6-11(12)20)14-16(25-2)31-32(27-4)17(14)26-3/h6-8,26-27H,1-5H3,(H,25,31)(H2,24,28,29,30). The zero-order chi connectivity index (χ0) is 24.3. The van der Waals surface area contributed by atoms with Gasteiger partial charge in [-0.2, -0.15) is 22.9 Å². The van der Waals surface area contributed by atoms with Crippen molar-refractivity contribution in [2.75, 3.05) is 62.0 Å². The minimum atomic E-state index is -4.59. The SMILES string of the molecule is CNc1nc(Nc2cc(OC)c(-c3c(NC)nn(NC)c3NC)cc2Cl)ncc1C(F)(F)F. The summed E-state index contributed by atoms with van der Waals surface area (Å²) in [6.07, 6.45) is -3.89. The molecule has 5 N–H and O–H groups in total. The molecule has 0 spiro atoms. The zero-order valence-corrected chi connectivity index (χ0v) is 19.2. The summed E-state index contributed by atoms with van der Waals surface area (Å²) in [5.74, 6) is 1.22. The predicted octanol–water partition coefficient (Wildman–Crippen LogP) is 4.06. The van der Waals surface area contributed by atoms with Crippen LogP contribution in [-0.4, -0.2) is 55.2 Å². The third kappa shape index (κ3) is 4.62. The van der Waals surface area contributed by atoms with Gasteiger partial charge in [0.25, 0.3) is 0 Å². The van der Waals surface area contributed by atoms with Crippen LogP contribution in [-0.2, 0) is 6.18 Å². The third-order valence-corrected chi connectivity index (χ3v) is 5.02. The van der Waals surface area contributed by atoms with Gasteiger partial charge in [-0.3, -0.25) is 0 Å². The first-order chi connectivity index (χ1) is 15.7. The molecule has 2 aromatic heterocycles. The highest BCUT2D eigenvalue weighted by atomic mass is 35.5. The fourth-order valence-corrected chi connectivity index (χ4v) is 3.43. The van der Waals surface area contributed by atoms with Crippen molar-refractivity contribution < 1.29 is 17.9 Å². The zero-order valence-electron chi connectivity index (χ0n) is 18.4. The molecule has 0 saturated heterocycles. The molecular formula is C19H23ClF3N9O. The Hall–Kier alpha value is -3.61. The summed E-state index contributed by atoms with van der Waals surface area (Å²) in [6.45, 7) is 0. The normalized spacial score (nSPS) is 11.2. The van der Waals surface area contributed by atoms with E-state index >= 15 is 0 Å². The maximum Gasteiger partial charge on any atom is 0.421 e. The number of nitrogens with one attached hydrogen (secondary N) is 5. The Morgan fingerprint density at radius 1 is 1.03 bits per heavy atom. The highest BCUT2D eigenvalue weighted by Gasteiger charge is 2.35. The number of hydrogen-bond donors (Lipinski definition) is 5. The monoisotopic (exact) mass is 485 g/mol. The molecule has 33 heavy (non-hydrogen) atoms. The van der Waals surface area contributed by atoms with Gasteiger partial charge in [0, 0.05) is 46.0 Å². The molecule has 14 heteroatoms. The van der Waals surface area contributed by atoms with Crippen molar-refractivity contribution in [3.05, 3.63) is 28.9 Å². The quantitative estimate of drug-likeness (QED) is 0.322. The van der Waals surface area contributed by atoms with E-state index in [1.165, 1.54) is 14.2 Å². The number of ether oxygens (including phenoxy) is 1. The Morgan fingerprint density at radius 2 is 1.73 bits per heavy atom. The first-order valence-corrected chi connectivity index (χ1v) is 9.99. The van der Waals surface area contributed by atoms with Crippen LogP contribution < -0.4 is 31.4 Å². The van der Waals surface area contributed by atoms with E-state index in [4.69, 9.17) is 16.3 Å². The van der Waals surface area contributed by atoms with Crippen LogP contribution in [0.5, 0.6) is 5.75 Å². The van der Waals surface area contributed by atoms with Gasteiger partial charge in [-0.15, -0.1) is 5.10 Å². The van der Waals surface area contributed by atoms with E-state index in [1.807, 2.05) is 0 Å². The molecule has 0 aliphatic rings. The van der Waals surface area contributed by atoms with E-state index in [0.717, 1.165) is 0 Å². The Kier molecular flexibility index (Phi) is 6.91. The highest BCUT2D eigenvalue weighted by molar-refractivity contribution is 6.33. The fourth-order valence-electron chi connectivity index (χ4n) is 3.21. The molecular weight excluding hydrogens is 463 g/mol. The summed E-state index contributed by atoms with van der Waals surface area (Å²) in [5, 5.41) is 16.1. The minimum Gasteiger partial charge on any atom is -0.496 e. The molecule has 10 nitrogen and oxygen atoms in total. The fraction of sp³-hybridized carbons (Fsp3) is 0.316. The summed E-state index contributed by atoms with van der Waals surface area (Å²) in [4.78, 5) is 9.23. The van der Waals surface area contributed by atoms with Crippen LogP contribution in [0, 0.1) is 0 Å². The summed E-state index contributed by atoms with van der Waals surface area (Å²) in [6, 6.07) is 3.26. The number of hydrogen-bond acceptors (Lipinski definition) is 9. The Morgan fingerprint density at radius 3 is 2.27 bits per heavy atom. The van der Waals surface area contributed by atoms with Crippen molar-refractivity contribution in [1.82, 2.24) is 19.9 Å². The number of halogens is 4. The van der Waals surface area contributed by atoms with Crippen molar-refractivity contribution in [3.63, 3.8) is 0 Å². The number of rotatable bonds is 8. The smallest absolute Gasteiger partial charge is 0.421 e. The van der Waals surface area contributed by atoms with Gasteiger partial charge in [0.1, 0.15) is 17.1 Å². The second-order valence-electron chi connectivity index (χ2n) is 6.57. The second-order valence-corrected chi connectivity index (χ2v) is 6.98. The Bertz CT molecular complexity index is 1150. The van der Waals surface area contributed by atoms with Gasteiger partial charge >= 0.3 is 6.18 Å². The molecule has 0 aliphatic carbocycles. The van der Waals surface area contributed by atoms with E-state index in [2.05, 4.69) is 41.8 Å². The van der Waals surface area contributed by atoms with Gasteiger partial charge in [-0.1, -0.05) is 11.6 Å². The molecule has 0 atom stereocenters. The highest BCUT2D eigenvalue weighted by Crippen LogP contribution is 2.44. The topological polar surface area (TPSA) is 113 Å². The molecule has 1 aromatic carbocycles. The van der Waals surface area contributed by atoms with Crippen LogP contribution in [0.2, 0.25) is 5.02 Å². The average molecular weight is 486 g/mol. The van der Waals surface area contributed by atoms with Crippen molar-refractivity contribution >= 4 is 40.7 Å². The molecule has 0 radical (unpaired) electrons. The van der Waals surface area contributed by atoms with Crippen molar-refractivity contribution in [2.45, 2.75) is 6.18 Å². The lowest BCUT2D eigenvalue weighted by atomic mass is 10.1. The molecule has 178 valence electrons. The van der Waals surface area contributed by atoms with E-state index in [1.54, 1.807) is 38.1 Å². The largest absolute Gasteiger partial charge is 0.496 e. The van der Waals surface area contributed by atoms with Gasteiger partial charge in [-0.25, -0.2) is 4.98 Å². The van der Waals surface area contributed by atoms with Gasteiger partial charge in [-0.05, 0) is 6.07 Å². The number of nitrogens with zero attached hydrogens (tertiary/aromatic N) is 4. The number of anilines is 5. The summed E-state index contributed by atoms with van der Waals surface area (Å²) < 4.78 is 44.9. The molecule has 3 aromatic rings. The molecule has 0 amide bonds. The Labute approximate surface area is 192 Å². The molecule has 2 heterocycles. The number of aromatic nitrogens is 4. The minimum absolute atomic E-state index is 0.0705. The lowest BCUT2D eigenvalue weighted by Crippen LogP contribution is -2.13. The van der Waals surface area contributed by atoms with E-state index < -0.39 is 11.7 Å². The lowest BCUT2D eigenvalue weighted by Gasteiger charge is -2.16. The molecule has 0 bridgehead atoms. The maximum atomic E-state index is 13.1. The van der Waals surface area contributed by atoms with Gasteiger partial charge < -0.3 is 31.4 Å².